The van der Waals surface area contributed by atoms with Gasteiger partial charge in [-0.05, 0) is 36.1 Å². The molecule has 0 aliphatic carbocycles. The van der Waals surface area contributed by atoms with Crippen molar-refractivity contribution in [1.29, 1.82) is 0 Å². The van der Waals surface area contributed by atoms with E-state index in [0.29, 0.717) is 11.4 Å². The minimum Gasteiger partial charge on any atom is -0.357 e. The summed E-state index contributed by atoms with van der Waals surface area (Å²) in [6.45, 7) is 4.02. The molecular formula is C16H22IN3O2S2. The van der Waals surface area contributed by atoms with E-state index < -0.39 is 9.84 Å². The molecule has 0 aliphatic heterocycles. The quantitative estimate of drug-likeness (QED) is 0.380. The van der Waals surface area contributed by atoms with E-state index in [4.69, 9.17) is 0 Å². The molecule has 1 heterocycles. The van der Waals surface area contributed by atoms with Crippen LogP contribution in [0.1, 0.15) is 17.4 Å². The molecule has 5 nitrogen and oxygen atoms in total. The van der Waals surface area contributed by atoms with Crippen LogP contribution in [0, 0.1) is 0 Å². The molecule has 0 saturated carbocycles. The van der Waals surface area contributed by atoms with Crippen LogP contribution in [-0.2, 0) is 22.9 Å². The average molecular weight is 479 g/mol. The van der Waals surface area contributed by atoms with Crippen molar-refractivity contribution in [2.75, 3.05) is 12.8 Å². The SMILES string of the molecule is CCNC(=NCc1ccc(S(C)(=O)=O)cc1)NCc1cccs1.I. The summed E-state index contributed by atoms with van der Waals surface area (Å²) >= 11 is 1.70. The summed E-state index contributed by atoms with van der Waals surface area (Å²) in [5.74, 6) is 0.744. The fourth-order valence-corrected chi connectivity index (χ4v) is 3.21. The third-order valence-electron chi connectivity index (χ3n) is 3.13. The Morgan fingerprint density at radius 2 is 1.88 bits per heavy atom. The number of sulfone groups is 1. The van der Waals surface area contributed by atoms with Gasteiger partial charge in [0.25, 0.3) is 0 Å². The van der Waals surface area contributed by atoms with Gasteiger partial charge < -0.3 is 10.6 Å². The number of hydrogen-bond acceptors (Lipinski definition) is 4. The van der Waals surface area contributed by atoms with Gasteiger partial charge in [-0.2, -0.15) is 0 Å². The molecule has 2 N–H and O–H groups in total. The molecule has 0 spiro atoms. The Morgan fingerprint density at radius 3 is 2.42 bits per heavy atom. The number of thiophene rings is 1. The third-order valence-corrected chi connectivity index (χ3v) is 5.13. The fraction of sp³-hybridized carbons (Fsp3) is 0.312. The van der Waals surface area contributed by atoms with Crippen LogP contribution >= 0.6 is 35.3 Å². The van der Waals surface area contributed by atoms with E-state index in [1.165, 1.54) is 11.1 Å². The number of halogens is 1. The van der Waals surface area contributed by atoms with Crippen molar-refractivity contribution in [1.82, 2.24) is 10.6 Å². The highest BCUT2D eigenvalue weighted by Crippen LogP contribution is 2.11. The second-order valence-electron chi connectivity index (χ2n) is 5.04. The molecule has 2 rings (SSSR count). The van der Waals surface area contributed by atoms with Crippen molar-refractivity contribution >= 4 is 51.1 Å². The van der Waals surface area contributed by atoms with E-state index in [2.05, 4.69) is 21.7 Å². The maximum absolute atomic E-state index is 11.4. The highest BCUT2D eigenvalue weighted by atomic mass is 127. The van der Waals surface area contributed by atoms with Crippen LogP contribution in [0.25, 0.3) is 0 Å². The van der Waals surface area contributed by atoms with Crippen molar-refractivity contribution in [2.24, 2.45) is 4.99 Å². The molecule has 1 aromatic carbocycles. The summed E-state index contributed by atoms with van der Waals surface area (Å²) in [6, 6.07) is 10.9. The molecule has 0 saturated heterocycles. The van der Waals surface area contributed by atoms with Crippen LogP contribution in [0.5, 0.6) is 0 Å². The summed E-state index contributed by atoms with van der Waals surface area (Å²) in [7, 11) is -3.15. The maximum Gasteiger partial charge on any atom is 0.191 e. The molecule has 0 bridgehead atoms. The van der Waals surface area contributed by atoms with Gasteiger partial charge in [0.05, 0.1) is 18.0 Å². The van der Waals surface area contributed by atoms with Crippen LogP contribution in [0.15, 0.2) is 51.7 Å². The Labute approximate surface area is 164 Å². The summed E-state index contributed by atoms with van der Waals surface area (Å²) in [5, 5.41) is 8.53. The third kappa shape index (κ3) is 6.78. The van der Waals surface area contributed by atoms with E-state index in [1.54, 1.807) is 35.6 Å². The first-order chi connectivity index (χ1) is 11.0. The Morgan fingerprint density at radius 1 is 1.17 bits per heavy atom. The fourth-order valence-electron chi connectivity index (χ4n) is 1.94. The highest BCUT2D eigenvalue weighted by molar-refractivity contribution is 14.0. The number of aliphatic imine (C=N–C) groups is 1. The van der Waals surface area contributed by atoms with Gasteiger partial charge in [-0.1, -0.05) is 18.2 Å². The van der Waals surface area contributed by atoms with E-state index >= 15 is 0 Å². The van der Waals surface area contributed by atoms with E-state index in [1.807, 2.05) is 18.4 Å². The van der Waals surface area contributed by atoms with Crippen LogP contribution in [-0.4, -0.2) is 27.2 Å². The second-order valence-corrected chi connectivity index (χ2v) is 8.09. The average Bonchev–Trinajstić information content (AvgIpc) is 3.03. The van der Waals surface area contributed by atoms with Crippen LogP contribution in [0.3, 0.4) is 0 Å². The van der Waals surface area contributed by atoms with Gasteiger partial charge in [0.15, 0.2) is 15.8 Å². The zero-order valence-electron chi connectivity index (χ0n) is 13.7. The number of nitrogens with one attached hydrogen (secondary N) is 2. The summed E-state index contributed by atoms with van der Waals surface area (Å²) in [6.07, 6.45) is 1.21. The van der Waals surface area contributed by atoms with Crippen molar-refractivity contribution in [3.05, 3.63) is 52.2 Å². The van der Waals surface area contributed by atoms with Crippen LogP contribution in [0.4, 0.5) is 0 Å². The predicted octanol–water partition coefficient (Wildman–Crippen LogP) is 3.02. The number of guanidine groups is 1. The molecular weight excluding hydrogens is 457 g/mol. The standard InChI is InChI=1S/C16H21N3O2S2.HI/c1-3-17-16(19-12-14-5-4-10-22-14)18-11-13-6-8-15(9-7-13)23(2,20)21;/h4-10H,3,11-12H2,1-2H3,(H2,17,18,19);1H. The molecule has 1 aromatic heterocycles. The second kappa shape index (κ2) is 10.00. The number of benzene rings is 1. The lowest BCUT2D eigenvalue weighted by Crippen LogP contribution is -2.36. The van der Waals surface area contributed by atoms with Crippen LogP contribution < -0.4 is 10.6 Å². The van der Waals surface area contributed by atoms with Gasteiger partial charge in [-0.3, -0.25) is 0 Å². The summed E-state index contributed by atoms with van der Waals surface area (Å²) in [5.41, 5.74) is 0.964. The van der Waals surface area contributed by atoms with Crippen molar-refractivity contribution in [2.45, 2.75) is 24.9 Å². The minimum atomic E-state index is -3.15. The summed E-state index contributed by atoms with van der Waals surface area (Å²) in [4.78, 5) is 6.10. The molecule has 0 unspecified atom stereocenters. The van der Waals surface area contributed by atoms with E-state index in [-0.39, 0.29) is 24.0 Å². The Kier molecular flexibility index (Phi) is 8.71. The summed E-state index contributed by atoms with van der Waals surface area (Å²) < 4.78 is 22.9. The lowest BCUT2D eigenvalue weighted by Gasteiger charge is -2.10. The molecule has 0 aliphatic rings. The maximum atomic E-state index is 11.4. The Balaban J connectivity index is 0.00000288. The Bertz CT molecular complexity index is 742. The zero-order valence-corrected chi connectivity index (χ0v) is 17.6. The molecule has 2 aromatic rings. The first-order valence-electron chi connectivity index (χ1n) is 7.32. The zero-order chi connectivity index (χ0) is 16.7. The van der Waals surface area contributed by atoms with Gasteiger partial charge >= 0.3 is 0 Å². The molecule has 24 heavy (non-hydrogen) atoms. The normalized spacial score (nSPS) is 11.7. The molecule has 0 radical (unpaired) electrons. The van der Waals surface area contributed by atoms with Gasteiger partial charge in [-0.15, -0.1) is 35.3 Å². The van der Waals surface area contributed by atoms with E-state index in [9.17, 15) is 8.42 Å². The van der Waals surface area contributed by atoms with Gasteiger partial charge in [0, 0.05) is 17.7 Å². The molecule has 132 valence electrons. The van der Waals surface area contributed by atoms with Crippen molar-refractivity contribution in [3.8, 4) is 0 Å². The lowest BCUT2D eigenvalue weighted by atomic mass is 10.2. The van der Waals surface area contributed by atoms with Crippen molar-refractivity contribution < 1.29 is 8.42 Å². The molecule has 0 fully saturated rings. The monoisotopic (exact) mass is 479 g/mol. The minimum absolute atomic E-state index is 0. The molecule has 0 amide bonds. The lowest BCUT2D eigenvalue weighted by molar-refractivity contribution is 0.602. The van der Waals surface area contributed by atoms with Gasteiger partial charge in [0.2, 0.25) is 0 Å². The number of nitrogens with zero attached hydrogens (tertiary/aromatic N) is 1. The van der Waals surface area contributed by atoms with Crippen LogP contribution in [0.2, 0.25) is 0 Å². The van der Waals surface area contributed by atoms with Gasteiger partial charge in [0.1, 0.15) is 0 Å². The first kappa shape index (κ1) is 20.9. The predicted molar refractivity (Wildman–Crippen MR) is 111 cm³/mol. The van der Waals surface area contributed by atoms with Crippen molar-refractivity contribution in [3.63, 3.8) is 0 Å². The Hall–Kier alpha value is -1.13. The number of rotatable bonds is 6. The smallest absolute Gasteiger partial charge is 0.191 e. The topological polar surface area (TPSA) is 70.6 Å². The van der Waals surface area contributed by atoms with Gasteiger partial charge in [-0.25, -0.2) is 13.4 Å². The molecule has 8 heteroatoms. The highest BCUT2D eigenvalue weighted by Gasteiger charge is 2.06. The number of hydrogen-bond donors (Lipinski definition) is 2. The largest absolute Gasteiger partial charge is 0.357 e. The van der Waals surface area contributed by atoms with E-state index in [0.717, 1.165) is 24.6 Å². The first-order valence-corrected chi connectivity index (χ1v) is 10.1. The molecule has 0 atom stereocenters.